The van der Waals surface area contributed by atoms with Crippen LogP contribution >= 0.6 is 0 Å². The van der Waals surface area contributed by atoms with E-state index in [2.05, 4.69) is 14.9 Å². The van der Waals surface area contributed by atoms with Gasteiger partial charge in [0, 0.05) is 16.8 Å². The van der Waals surface area contributed by atoms with E-state index in [1.807, 2.05) is 56.3 Å². The third-order valence-corrected chi connectivity index (χ3v) is 5.19. The molecule has 4 aromatic rings. The number of nitrogen functional groups attached to an aromatic ring is 1. The zero-order valence-electron chi connectivity index (χ0n) is 17.3. The number of nitrogens with two attached hydrogens (primary N) is 1. The standard InChI is InChI=1S/C24H23N5O2/c1-14-11-18(28-23(31)13-17-12-16(24(25)26)7-10-22(17)30)8-9-20(14)29-15(2)27-19-5-3-4-6-21(19)29/h3-12,30H,13H2,1-2H3,(H3,25,26)(H,28,31). The number of rotatable bonds is 5. The Morgan fingerprint density at radius 2 is 1.90 bits per heavy atom. The number of aryl methyl sites for hydroxylation is 2. The number of amidine groups is 1. The molecule has 0 bridgehead atoms. The third kappa shape index (κ3) is 3.98. The second-order valence-electron chi connectivity index (χ2n) is 7.47. The van der Waals surface area contributed by atoms with E-state index in [1.54, 1.807) is 12.1 Å². The summed E-state index contributed by atoms with van der Waals surface area (Å²) in [5, 5.41) is 20.4. The van der Waals surface area contributed by atoms with Crippen molar-refractivity contribution in [2.45, 2.75) is 20.3 Å². The molecule has 31 heavy (non-hydrogen) atoms. The normalized spacial score (nSPS) is 10.9. The van der Waals surface area contributed by atoms with Crippen LogP contribution in [0.5, 0.6) is 5.75 Å². The summed E-state index contributed by atoms with van der Waals surface area (Å²) in [6, 6.07) is 18.2. The number of amides is 1. The molecule has 0 fully saturated rings. The summed E-state index contributed by atoms with van der Waals surface area (Å²) in [4.78, 5) is 17.2. The minimum Gasteiger partial charge on any atom is -0.508 e. The lowest BCUT2D eigenvalue weighted by atomic mass is 10.1. The molecule has 5 N–H and O–H groups in total. The number of phenolic OH excluding ortho intramolecular Hbond substituents is 1. The maximum Gasteiger partial charge on any atom is 0.228 e. The minimum atomic E-state index is -0.271. The molecule has 7 nitrogen and oxygen atoms in total. The van der Waals surface area contributed by atoms with Gasteiger partial charge < -0.3 is 16.2 Å². The first-order chi connectivity index (χ1) is 14.8. The summed E-state index contributed by atoms with van der Waals surface area (Å²) in [5.74, 6) is 0.499. The lowest BCUT2D eigenvalue weighted by molar-refractivity contribution is -0.115. The van der Waals surface area contributed by atoms with Gasteiger partial charge in [0.15, 0.2) is 0 Å². The van der Waals surface area contributed by atoms with Crippen molar-refractivity contribution in [1.29, 1.82) is 5.41 Å². The van der Waals surface area contributed by atoms with Crippen LogP contribution in [0.25, 0.3) is 16.7 Å². The average molecular weight is 413 g/mol. The summed E-state index contributed by atoms with van der Waals surface area (Å²) in [6.45, 7) is 3.96. The van der Waals surface area contributed by atoms with Crippen molar-refractivity contribution in [2.75, 3.05) is 5.32 Å². The fraction of sp³-hybridized carbons (Fsp3) is 0.125. The van der Waals surface area contributed by atoms with Crippen molar-refractivity contribution in [1.82, 2.24) is 9.55 Å². The summed E-state index contributed by atoms with van der Waals surface area (Å²) in [6.07, 6.45) is -0.0288. The molecule has 1 heterocycles. The number of anilines is 1. The predicted molar refractivity (Wildman–Crippen MR) is 122 cm³/mol. The molecular weight excluding hydrogens is 390 g/mol. The van der Waals surface area contributed by atoms with Crippen LogP contribution in [-0.2, 0) is 11.2 Å². The van der Waals surface area contributed by atoms with E-state index < -0.39 is 0 Å². The highest BCUT2D eigenvalue weighted by Crippen LogP contribution is 2.26. The summed E-state index contributed by atoms with van der Waals surface area (Å²) >= 11 is 0. The van der Waals surface area contributed by atoms with Gasteiger partial charge in [-0.05, 0) is 67.9 Å². The van der Waals surface area contributed by atoms with Gasteiger partial charge in [-0.25, -0.2) is 4.98 Å². The third-order valence-electron chi connectivity index (χ3n) is 5.19. The van der Waals surface area contributed by atoms with E-state index in [1.165, 1.54) is 6.07 Å². The molecule has 3 aromatic carbocycles. The highest BCUT2D eigenvalue weighted by Gasteiger charge is 2.13. The van der Waals surface area contributed by atoms with E-state index in [4.69, 9.17) is 11.1 Å². The van der Waals surface area contributed by atoms with Crippen molar-refractivity contribution < 1.29 is 9.90 Å². The topological polar surface area (TPSA) is 117 Å². The van der Waals surface area contributed by atoms with Gasteiger partial charge in [0.1, 0.15) is 17.4 Å². The van der Waals surface area contributed by atoms with E-state index in [9.17, 15) is 9.90 Å². The first kappa shape index (κ1) is 20.2. The zero-order chi connectivity index (χ0) is 22.1. The molecule has 7 heteroatoms. The smallest absolute Gasteiger partial charge is 0.228 e. The minimum absolute atomic E-state index is 0.00543. The highest BCUT2D eigenvalue weighted by molar-refractivity contribution is 5.96. The zero-order valence-corrected chi connectivity index (χ0v) is 17.3. The van der Waals surface area contributed by atoms with Gasteiger partial charge in [-0.1, -0.05) is 12.1 Å². The van der Waals surface area contributed by atoms with Crippen molar-refractivity contribution in [2.24, 2.45) is 5.73 Å². The summed E-state index contributed by atoms with van der Waals surface area (Å²) in [7, 11) is 0. The second kappa shape index (κ2) is 7.95. The number of carbonyl (C=O) groups excluding carboxylic acids is 1. The average Bonchev–Trinajstić information content (AvgIpc) is 3.05. The maximum absolute atomic E-state index is 12.5. The van der Waals surface area contributed by atoms with Crippen molar-refractivity contribution >= 4 is 28.5 Å². The Kier molecular flexibility index (Phi) is 5.17. The van der Waals surface area contributed by atoms with Crippen molar-refractivity contribution in [3.8, 4) is 11.4 Å². The number of nitrogens with one attached hydrogen (secondary N) is 2. The summed E-state index contributed by atoms with van der Waals surface area (Å²) in [5.41, 5.74) is 11.0. The molecule has 0 saturated carbocycles. The fourth-order valence-corrected chi connectivity index (χ4v) is 3.71. The van der Waals surface area contributed by atoms with Crippen LogP contribution in [0.4, 0.5) is 5.69 Å². The SMILES string of the molecule is Cc1cc(NC(=O)Cc2cc(C(=N)N)ccc2O)ccc1-n1c(C)nc2ccccc21. The number of para-hydroxylation sites is 2. The molecule has 0 saturated heterocycles. The van der Waals surface area contributed by atoms with Crippen LogP contribution in [0.2, 0.25) is 0 Å². The van der Waals surface area contributed by atoms with E-state index in [0.717, 1.165) is 28.1 Å². The Morgan fingerprint density at radius 3 is 2.65 bits per heavy atom. The van der Waals surface area contributed by atoms with Crippen molar-refractivity contribution in [3.63, 3.8) is 0 Å². The molecule has 0 aliphatic carbocycles. The number of hydrogen-bond acceptors (Lipinski definition) is 4. The Hall–Kier alpha value is -4.13. The Balaban J connectivity index is 1.56. The molecule has 4 rings (SSSR count). The number of aromatic hydroxyl groups is 1. The van der Waals surface area contributed by atoms with Gasteiger partial charge in [0.25, 0.3) is 0 Å². The fourth-order valence-electron chi connectivity index (χ4n) is 3.71. The number of benzene rings is 3. The largest absolute Gasteiger partial charge is 0.508 e. The van der Waals surface area contributed by atoms with E-state index in [-0.39, 0.29) is 23.9 Å². The van der Waals surface area contributed by atoms with Gasteiger partial charge in [0.2, 0.25) is 5.91 Å². The maximum atomic E-state index is 12.5. The Morgan fingerprint density at radius 1 is 1.13 bits per heavy atom. The van der Waals surface area contributed by atoms with E-state index in [0.29, 0.717) is 16.8 Å². The van der Waals surface area contributed by atoms with Crippen molar-refractivity contribution in [3.05, 3.63) is 83.2 Å². The quantitative estimate of drug-likeness (QED) is 0.294. The number of carbonyl (C=O) groups is 1. The van der Waals surface area contributed by atoms with Gasteiger partial charge in [-0.15, -0.1) is 0 Å². The second-order valence-corrected chi connectivity index (χ2v) is 7.47. The number of phenols is 1. The molecule has 1 amide bonds. The number of nitrogens with zero attached hydrogens (tertiary/aromatic N) is 2. The Bertz CT molecular complexity index is 1320. The molecule has 1 aromatic heterocycles. The van der Waals surface area contributed by atoms with Crippen LogP contribution in [0.1, 0.15) is 22.5 Å². The number of aromatic nitrogens is 2. The molecule has 0 unspecified atom stereocenters. The lowest BCUT2D eigenvalue weighted by Crippen LogP contribution is -2.16. The predicted octanol–water partition coefficient (Wildman–Crippen LogP) is 3.81. The molecular formula is C24H23N5O2. The molecule has 156 valence electrons. The number of fused-ring (bicyclic) bond motifs is 1. The molecule has 0 aliphatic rings. The van der Waals surface area contributed by atoms with E-state index >= 15 is 0 Å². The summed E-state index contributed by atoms with van der Waals surface area (Å²) < 4.78 is 2.10. The Labute approximate surface area is 179 Å². The van der Waals surface area contributed by atoms with Gasteiger partial charge in [-0.3, -0.25) is 14.8 Å². The van der Waals surface area contributed by atoms with Crippen LogP contribution in [0.3, 0.4) is 0 Å². The van der Waals surface area contributed by atoms with Gasteiger partial charge in [-0.2, -0.15) is 0 Å². The first-order valence-electron chi connectivity index (χ1n) is 9.84. The van der Waals surface area contributed by atoms with Crippen LogP contribution in [0.15, 0.2) is 60.7 Å². The lowest BCUT2D eigenvalue weighted by Gasteiger charge is -2.13. The number of imidazole rings is 1. The first-order valence-corrected chi connectivity index (χ1v) is 9.84. The van der Waals surface area contributed by atoms with Crippen LogP contribution < -0.4 is 11.1 Å². The van der Waals surface area contributed by atoms with Gasteiger partial charge >= 0.3 is 0 Å². The highest BCUT2D eigenvalue weighted by atomic mass is 16.3. The molecule has 0 atom stereocenters. The molecule has 0 aliphatic heterocycles. The monoisotopic (exact) mass is 413 g/mol. The molecule has 0 radical (unpaired) electrons. The number of hydrogen-bond donors (Lipinski definition) is 4. The van der Waals surface area contributed by atoms with Crippen LogP contribution in [0, 0.1) is 19.3 Å². The van der Waals surface area contributed by atoms with Crippen LogP contribution in [-0.4, -0.2) is 26.4 Å². The molecule has 0 spiro atoms. The van der Waals surface area contributed by atoms with Gasteiger partial charge in [0.05, 0.1) is 23.1 Å².